The first-order valence-corrected chi connectivity index (χ1v) is 10.2. The molecule has 28 heavy (non-hydrogen) atoms. The van der Waals surface area contributed by atoms with E-state index in [1.807, 2.05) is 0 Å². The molecule has 152 valence electrons. The molecule has 2 N–H and O–H groups in total. The van der Waals surface area contributed by atoms with Crippen molar-refractivity contribution in [2.45, 2.75) is 31.3 Å². The number of nitrogens with one attached hydrogen (secondary N) is 2. The van der Waals surface area contributed by atoms with E-state index >= 15 is 0 Å². The van der Waals surface area contributed by atoms with E-state index in [0.717, 1.165) is 6.07 Å². The third kappa shape index (κ3) is 5.93. The molecule has 1 atom stereocenters. The summed E-state index contributed by atoms with van der Waals surface area (Å²) in [6.07, 6.45) is -0.951. The van der Waals surface area contributed by atoms with Crippen LogP contribution >= 0.6 is 23.2 Å². The molecule has 1 amide bonds. The Balaban J connectivity index is 1.93. The number of carbonyl (C=O) groups excluding carboxylic acids is 2. The predicted molar refractivity (Wildman–Crippen MR) is 102 cm³/mol. The number of esters is 1. The number of amides is 1. The third-order valence-corrected chi connectivity index (χ3v) is 5.56. The average molecular weight is 450 g/mol. The summed E-state index contributed by atoms with van der Waals surface area (Å²) in [5, 5.41) is 6.30. The molecule has 9 nitrogen and oxygen atoms in total. The highest BCUT2D eigenvalue weighted by atomic mass is 35.5. The quantitative estimate of drug-likeness (QED) is 0.592. The van der Waals surface area contributed by atoms with Crippen molar-refractivity contribution in [2.24, 2.45) is 0 Å². The number of aromatic nitrogens is 1. The molecule has 2 rings (SSSR count). The highest BCUT2D eigenvalue weighted by Crippen LogP contribution is 2.24. The zero-order valence-electron chi connectivity index (χ0n) is 14.9. The van der Waals surface area contributed by atoms with Crippen LogP contribution < -0.4 is 10.0 Å². The standard InChI is InChI=1S/C16H17Cl2N3O6S/c1-3-13(16(23)20-14-6-9(2)27-21-14)26-15(22)8-19-28(24,25)10-4-5-11(17)12(18)7-10/h4-7,13,19H,3,8H2,1-2H3,(H,20,21,23)/t13-/m0/s1. The Kier molecular flexibility index (Phi) is 7.41. The zero-order chi connectivity index (χ0) is 20.9. The fraction of sp³-hybridized carbons (Fsp3) is 0.312. The molecule has 0 saturated carbocycles. The largest absolute Gasteiger partial charge is 0.451 e. The van der Waals surface area contributed by atoms with E-state index in [-0.39, 0.29) is 27.2 Å². The first-order chi connectivity index (χ1) is 13.1. The Bertz CT molecular complexity index is 977. The number of sulfonamides is 1. The maximum Gasteiger partial charge on any atom is 0.321 e. The molecule has 0 aliphatic rings. The van der Waals surface area contributed by atoms with Gasteiger partial charge in [-0.1, -0.05) is 35.3 Å². The number of halogens is 2. The molecule has 1 heterocycles. The molecular formula is C16H17Cl2N3O6S. The smallest absolute Gasteiger partial charge is 0.321 e. The summed E-state index contributed by atoms with van der Waals surface area (Å²) in [7, 11) is -4.02. The van der Waals surface area contributed by atoms with Crippen LogP contribution in [-0.2, 0) is 24.3 Å². The van der Waals surface area contributed by atoms with Gasteiger partial charge in [-0.15, -0.1) is 0 Å². The van der Waals surface area contributed by atoms with E-state index in [4.69, 9.17) is 32.5 Å². The molecule has 1 aromatic heterocycles. The van der Waals surface area contributed by atoms with Crippen LogP contribution in [0.4, 0.5) is 5.82 Å². The molecule has 0 fully saturated rings. The van der Waals surface area contributed by atoms with Crippen molar-refractivity contribution in [3.05, 3.63) is 40.1 Å². The summed E-state index contributed by atoms with van der Waals surface area (Å²) in [6.45, 7) is 2.61. The molecule has 0 aliphatic heterocycles. The average Bonchev–Trinajstić information content (AvgIpc) is 3.04. The van der Waals surface area contributed by atoms with Gasteiger partial charge in [-0.3, -0.25) is 9.59 Å². The fourth-order valence-electron chi connectivity index (χ4n) is 2.04. The van der Waals surface area contributed by atoms with Gasteiger partial charge in [0.2, 0.25) is 10.0 Å². The van der Waals surface area contributed by atoms with Crippen LogP contribution in [0.3, 0.4) is 0 Å². The van der Waals surface area contributed by atoms with Gasteiger partial charge in [0, 0.05) is 6.07 Å². The topological polar surface area (TPSA) is 128 Å². The van der Waals surface area contributed by atoms with Crippen LogP contribution in [0.25, 0.3) is 0 Å². The van der Waals surface area contributed by atoms with Crippen LogP contribution in [0.5, 0.6) is 0 Å². The predicted octanol–water partition coefficient (Wildman–Crippen LogP) is 2.53. The lowest BCUT2D eigenvalue weighted by atomic mass is 10.2. The molecular weight excluding hydrogens is 433 g/mol. The Morgan fingerprint density at radius 3 is 2.54 bits per heavy atom. The van der Waals surface area contributed by atoms with Crippen LogP contribution in [0.15, 0.2) is 33.7 Å². The van der Waals surface area contributed by atoms with Crippen LogP contribution in [0.1, 0.15) is 19.1 Å². The van der Waals surface area contributed by atoms with E-state index in [1.165, 1.54) is 18.2 Å². The molecule has 0 bridgehead atoms. The number of nitrogens with zero attached hydrogens (tertiary/aromatic N) is 1. The van der Waals surface area contributed by atoms with Crippen molar-refractivity contribution >= 4 is 50.9 Å². The lowest BCUT2D eigenvalue weighted by molar-refractivity contribution is -0.153. The van der Waals surface area contributed by atoms with Crippen molar-refractivity contribution in [2.75, 3.05) is 11.9 Å². The van der Waals surface area contributed by atoms with Gasteiger partial charge in [0.15, 0.2) is 11.9 Å². The molecule has 2 aromatic rings. The van der Waals surface area contributed by atoms with Gasteiger partial charge in [-0.05, 0) is 31.5 Å². The van der Waals surface area contributed by atoms with Crippen molar-refractivity contribution in [1.82, 2.24) is 9.88 Å². The molecule has 0 radical (unpaired) electrons. The number of benzene rings is 1. The van der Waals surface area contributed by atoms with Crippen LogP contribution in [-0.4, -0.2) is 38.1 Å². The summed E-state index contributed by atoms with van der Waals surface area (Å²) in [6, 6.07) is 5.21. The molecule has 1 aromatic carbocycles. The maximum atomic E-state index is 12.2. The number of hydrogen-bond donors (Lipinski definition) is 2. The van der Waals surface area contributed by atoms with Gasteiger partial charge >= 0.3 is 5.97 Å². The van der Waals surface area contributed by atoms with Gasteiger partial charge in [0.05, 0.1) is 14.9 Å². The number of carbonyl (C=O) groups is 2. The molecule has 0 spiro atoms. The van der Waals surface area contributed by atoms with E-state index in [9.17, 15) is 18.0 Å². The number of aryl methyl sites for hydroxylation is 1. The first kappa shape index (κ1) is 22.2. The second kappa shape index (κ2) is 9.37. The Morgan fingerprint density at radius 1 is 1.25 bits per heavy atom. The molecule has 0 aliphatic carbocycles. The van der Waals surface area contributed by atoms with E-state index in [1.54, 1.807) is 13.8 Å². The summed E-state index contributed by atoms with van der Waals surface area (Å²) in [5.74, 6) is -0.868. The summed E-state index contributed by atoms with van der Waals surface area (Å²) in [5.41, 5.74) is 0. The van der Waals surface area contributed by atoms with Crippen molar-refractivity contribution in [3.63, 3.8) is 0 Å². The molecule has 12 heteroatoms. The zero-order valence-corrected chi connectivity index (χ0v) is 17.2. The van der Waals surface area contributed by atoms with Gasteiger partial charge in [-0.25, -0.2) is 8.42 Å². The van der Waals surface area contributed by atoms with E-state index in [0.29, 0.717) is 5.76 Å². The van der Waals surface area contributed by atoms with Crippen molar-refractivity contribution < 1.29 is 27.3 Å². The monoisotopic (exact) mass is 449 g/mol. The minimum atomic E-state index is -4.02. The van der Waals surface area contributed by atoms with Gasteiger partial charge in [0.25, 0.3) is 5.91 Å². The highest BCUT2D eigenvalue weighted by molar-refractivity contribution is 7.89. The SMILES string of the molecule is CC[C@H](OC(=O)CNS(=O)(=O)c1ccc(Cl)c(Cl)c1)C(=O)Nc1cc(C)on1. The number of anilines is 1. The van der Waals surface area contributed by atoms with Gasteiger partial charge in [0.1, 0.15) is 12.3 Å². The number of ether oxygens (including phenoxy) is 1. The Labute approximate surface area is 171 Å². The van der Waals surface area contributed by atoms with Crippen LogP contribution in [0, 0.1) is 6.92 Å². The molecule has 0 unspecified atom stereocenters. The van der Waals surface area contributed by atoms with E-state index in [2.05, 4.69) is 15.2 Å². The molecule has 0 saturated heterocycles. The second-order valence-electron chi connectivity index (χ2n) is 5.60. The van der Waals surface area contributed by atoms with Crippen molar-refractivity contribution in [3.8, 4) is 0 Å². The van der Waals surface area contributed by atoms with Crippen molar-refractivity contribution in [1.29, 1.82) is 0 Å². The Hall–Kier alpha value is -2.14. The Morgan fingerprint density at radius 2 is 1.96 bits per heavy atom. The minimum Gasteiger partial charge on any atom is -0.451 e. The second-order valence-corrected chi connectivity index (χ2v) is 8.18. The summed E-state index contributed by atoms with van der Waals surface area (Å²) in [4.78, 5) is 23.9. The lowest BCUT2D eigenvalue weighted by Crippen LogP contribution is -2.37. The normalized spacial score (nSPS) is 12.4. The minimum absolute atomic E-state index is 0.0536. The lowest BCUT2D eigenvalue weighted by Gasteiger charge is -2.15. The van der Waals surface area contributed by atoms with Crippen LogP contribution in [0.2, 0.25) is 10.0 Å². The van der Waals surface area contributed by atoms with Gasteiger partial charge < -0.3 is 14.6 Å². The van der Waals surface area contributed by atoms with E-state index < -0.39 is 34.5 Å². The first-order valence-electron chi connectivity index (χ1n) is 8.00. The fourth-order valence-corrected chi connectivity index (χ4v) is 3.39. The summed E-state index contributed by atoms with van der Waals surface area (Å²) < 4.78 is 36.4. The highest BCUT2D eigenvalue weighted by Gasteiger charge is 2.24. The summed E-state index contributed by atoms with van der Waals surface area (Å²) >= 11 is 11.6. The number of rotatable bonds is 8. The van der Waals surface area contributed by atoms with Gasteiger partial charge in [-0.2, -0.15) is 4.72 Å². The maximum absolute atomic E-state index is 12.2. The number of hydrogen-bond acceptors (Lipinski definition) is 7. The third-order valence-electron chi connectivity index (χ3n) is 3.42.